The van der Waals surface area contributed by atoms with Crippen LogP contribution in [0.3, 0.4) is 0 Å². The molecule has 0 bridgehead atoms. The molecule has 0 amide bonds. The molecule has 4 aliphatic carbocycles. The van der Waals surface area contributed by atoms with Gasteiger partial charge in [0.25, 0.3) is 0 Å². The third-order valence-corrected chi connectivity index (χ3v) is 17.4. The number of hydrogen-bond donors (Lipinski definition) is 11. The molecule has 5 unspecified atom stereocenters. The van der Waals surface area contributed by atoms with Crippen molar-refractivity contribution in [3.8, 4) is 0 Å². The molecular weight excluding hydrogens is 828 g/mol. The highest BCUT2D eigenvalue weighted by molar-refractivity contribution is 5.26. The van der Waals surface area contributed by atoms with Crippen molar-refractivity contribution in [2.45, 2.75) is 216 Å². The van der Waals surface area contributed by atoms with E-state index < -0.39 is 129 Å². The Bertz CT molecular complexity index is 1600. The molecule has 18 nitrogen and oxygen atoms in total. The zero-order valence-corrected chi connectivity index (χ0v) is 37.2. The first-order chi connectivity index (χ1) is 29.7. The van der Waals surface area contributed by atoms with E-state index in [1.807, 2.05) is 13.8 Å². The lowest BCUT2D eigenvalue weighted by Crippen LogP contribution is -2.65. The first kappa shape index (κ1) is 48.5. The van der Waals surface area contributed by atoms with E-state index >= 15 is 0 Å². The zero-order chi connectivity index (χ0) is 45.6. The van der Waals surface area contributed by atoms with Crippen molar-refractivity contribution >= 4 is 0 Å². The van der Waals surface area contributed by atoms with Crippen molar-refractivity contribution in [1.82, 2.24) is 0 Å². The van der Waals surface area contributed by atoms with Gasteiger partial charge in [0.05, 0.1) is 43.2 Å². The molecule has 0 spiro atoms. The lowest BCUT2D eigenvalue weighted by Gasteiger charge is -2.58. The van der Waals surface area contributed by atoms with Gasteiger partial charge in [-0.05, 0) is 106 Å². The second-order valence-corrected chi connectivity index (χ2v) is 21.0. The zero-order valence-electron chi connectivity index (χ0n) is 37.2. The predicted molar refractivity (Wildman–Crippen MR) is 217 cm³/mol. The highest BCUT2D eigenvalue weighted by atomic mass is 16.8. The average molecular weight is 903 g/mol. The second kappa shape index (κ2) is 18.5. The molecule has 0 aromatic carbocycles. The smallest absolute Gasteiger partial charge is 0.187 e. The van der Waals surface area contributed by atoms with Crippen molar-refractivity contribution < 1.29 is 89.3 Å². The van der Waals surface area contributed by atoms with Crippen LogP contribution < -0.4 is 0 Å². The molecule has 28 atom stereocenters. The summed E-state index contributed by atoms with van der Waals surface area (Å²) in [6.07, 6.45) is -16.4. The van der Waals surface area contributed by atoms with Crippen molar-refractivity contribution in [3.63, 3.8) is 0 Å². The summed E-state index contributed by atoms with van der Waals surface area (Å²) < 4.78 is 41.7. The number of hydrogen-bond acceptors (Lipinski definition) is 18. The topological polar surface area (TPSA) is 287 Å². The molecule has 0 aromatic rings. The van der Waals surface area contributed by atoms with Crippen LogP contribution in [0.5, 0.6) is 0 Å². The predicted octanol–water partition coefficient (Wildman–Crippen LogP) is -0.835. The van der Waals surface area contributed by atoms with Crippen LogP contribution in [0.2, 0.25) is 0 Å². The minimum Gasteiger partial charge on any atom is -0.394 e. The standard InChI is InChI=1S/C45H74O18/c1-17-13-27(60-40(17)56)30(48)18(2)29-26(47)15-25-23-8-7-21-14-22(9-11-44(21,5)24(23)10-12-45(25,29)6)59-43-39(34(52)32(50)28(16-46)61-43)63-42-37(55)35(53)38(20(4)58-42)62-41-36(54)33(51)31(49)19(3)57-41/h7,17-20,22-43,46-56H,8-16H2,1-6H3/t17-,18+,19-,20-,22?,23-,24+,25+,26?,27?,28-,29+,30?,31-,32-,33+,34+,35-,36+,37+,38-,39-,40?,41-,42-,43-,44+,45+/m1/s1. The van der Waals surface area contributed by atoms with Gasteiger partial charge in [0.15, 0.2) is 25.2 Å². The molecular formula is C45H74O18. The normalized spacial score (nSPS) is 55.9. The van der Waals surface area contributed by atoms with Crippen molar-refractivity contribution in [3.05, 3.63) is 11.6 Å². The Hall–Kier alpha value is -0.980. The maximum Gasteiger partial charge on any atom is 0.187 e. The first-order valence-electron chi connectivity index (χ1n) is 23.4. The Labute approximate surface area is 369 Å². The van der Waals surface area contributed by atoms with E-state index in [4.69, 9.17) is 33.2 Å². The maximum absolute atomic E-state index is 11.7. The van der Waals surface area contributed by atoms with Gasteiger partial charge in [-0.25, -0.2) is 0 Å². The Balaban J connectivity index is 0.930. The van der Waals surface area contributed by atoms with Crippen LogP contribution in [0, 0.1) is 46.3 Å². The van der Waals surface area contributed by atoms with Gasteiger partial charge in [0.2, 0.25) is 0 Å². The first-order valence-corrected chi connectivity index (χ1v) is 23.4. The van der Waals surface area contributed by atoms with E-state index in [-0.39, 0.29) is 34.5 Å². The average Bonchev–Trinajstić information content (AvgIpc) is 3.73. The highest BCUT2D eigenvalue weighted by Gasteiger charge is 2.63. The lowest BCUT2D eigenvalue weighted by atomic mass is 9.47. The fourth-order valence-electron chi connectivity index (χ4n) is 13.6. The number of aliphatic hydroxyl groups excluding tert-OH is 11. The fraction of sp³-hybridized carbons (Fsp3) is 0.956. The summed E-state index contributed by atoms with van der Waals surface area (Å²) >= 11 is 0. The molecule has 8 rings (SSSR count). The van der Waals surface area contributed by atoms with E-state index in [2.05, 4.69) is 19.9 Å². The molecule has 4 saturated heterocycles. The van der Waals surface area contributed by atoms with Crippen LogP contribution in [0.1, 0.15) is 92.9 Å². The monoisotopic (exact) mass is 902 g/mol. The van der Waals surface area contributed by atoms with Crippen LogP contribution in [-0.4, -0.2) is 186 Å². The Morgan fingerprint density at radius 1 is 0.698 bits per heavy atom. The van der Waals surface area contributed by atoms with Gasteiger partial charge in [-0.2, -0.15) is 0 Å². The molecule has 63 heavy (non-hydrogen) atoms. The van der Waals surface area contributed by atoms with Crippen molar-refractivity contribution in [2.24, 2.45) is 46.3 Å². The molecule has 4 aliphatic heterocycles. The summed E-state index contributed by atoms with van der Waals surface area (Å²) in [4.78, 5) is 0. The number of allylic oxidation sites excluding steroid dienone is 1. The van der Waals surface area contributed by atoms with Crippen LogP contribution in [0.25, 0.3) is 0 Å². The summed E-state index contributed by atoms with van der Waals surface area (Å²) in [5.41, 5.74) is 0.956. The molecule has 362 valence electrons. The molecule has 11 N–H and O–H groups in total. The summed E-state index contributed by atoms with van der Waals surface area (Å²) in [6.45, 7) is 10.9. The highest BCUT2D eigenvalue weighted by Crippen LogP contribution is 2.67. The van der Waals surface area contributed by atoms with Gasteiger partial charge in [0.1, 0.15) is 61.0 Å². The quantitative estimate of drug-likeness (QED) is 0.119. The van der Waals surface area contributed by atoms with E-state index in [0.717, 1.165) is 25.7 Å². The Morgan fingerprint density at radius 3 is 2.02 bits per heavy atom. The minimum atomic E-state index is -1.78. The number of fused-ring (bicyclic) bond motifs is 5. The summed E-state index contributed by atoms with van der Waals surface area (Å²) in [5.74, 6) is 0.591. The largest absolute Gasteiger partial charge is 0.394 e. The number of aliphatic hydroxyl groups is 11. The van der Waals surface area contributed by atoms with Crippen LogP contribution in [0.15, 0.2) is 11.6 Å². The molecule has 3 saturated carbocycles. The fourth-order valence-corrected chi connectivity index (χ4v) is 13.6. The van der Waals surface area contributed by atoms with E-state index in [1.165, 1.54) is 19.4 Å². The van der Waals surface area contributed by atoms with E-state index in [1.54, 1.807) is 0 Å². The van der Waals surface area contributed by atoms with Gasteiger partial charge >= 0.3 is 0 Å². The van der Waals surface area contributed by atoms with Gasteiger partial charge in [-0.3, -0.25) is 0 Å². The van der Waals surface area contributed by atoms with Crippen LogP contribution in [-0.2, 0) is 33.2 Å². The number of ether oxygens (including phenoxy) is 7. The van der Waals surface area contributed by atoms with E-state index in [0.29, 0.717) is 37.5 Å². The minimum absolute atomic E-state index is 0.0602. The van der Waals surface area contributed by atoms with Gasteiger partial charge in [0, 0.05) is 5.92 Å². The number of rotatable bonds is 10. The van der Waals surface area contributed by atoms with Gasteiger partial charge < -0.3 is 89.3 Å². The molecule has 0 radical (unpaired) electrons. The SMILES string of the molecule is C[C@@H]1CC(C(O)[C@@H](C)[C@H]2C(O)C[C@H]3[C@@H]4CC=C5CC(O[C@@H]6O[C@H](CO)[C@@H](O)[C@H](O)[C@H]6O[C@H]6O[C@H](C)[C@@H](O[C@H]7O[C@H](C)[C@@H](O)[C@H](O)[C@@H]7O)[C@H](O)[C@@H]6O)CC[C@]5(C)[C@H]4CC[C@]23C)OC1O. The Kier molecular flexibility index (Phi) is 14.2. The third kappa shape index (κ3) is 8.51. The van der Waals surface area contributed by atoms with Gasteiger partial charge in [-0.1, -0.05) is 39.3 Å². The Morgan fingerprint density at radius 2 is 1.35 bits per heavy atom. The third-order valence-electron chi connectivity index (χ3n) is 17.4. The summed E-state index contributed by atoms with van der Waals surface area (Å²) in [5, 5.41) is 119. The molecule has 8 aliphatic rings. The molecule has 4 heterocycles. The molecule has 18 heteroatoms. The lowest BCUT2D eigenvalue weighted by molar-refractivity contribution is -0.383. The van der Waals surface area contributed by atoms with Crippen LogP contribution in [0.4, 0.5) is 0 Å². The maximum atomic E-state index is 11.7. The second-order valence-electron chi connectivity index (χ2n) is 21.0. The van der Waals surface area contributed by atoms with Crippen molar-refractivity contribution in [1.29, 1.82) is 0 Å². The summed E-state index contributed by atoms with van der Waals surface area (Å²) in [6, 6.07) is 0. The molecule has 7 fully saturated rings. The summed E-state index contributed by atoms with van der Waals surface area (Å²) in [7, 11) is 0. The van der Waals surface area contributed by atoms with Gasteiger partial charge in [-0.15, -0.1) is 0 Å². The van der Waals surface area contributed by atoms with Crippen LogP contribution >= 0.6 is 0 Å². The van der Waals surface area contributed by atoms with Crippen molar-refractivity contribution in [2.75, 3.05) is 6.61 Å². The van der Waals surface area contributed by atoms with E-state index in [9.17, 15) is 56.2 Å². The molecule has 0 aromatic heterocycles.